The van der Waals surface area contributed by atoms with Crippen LogP contribution in [0.4, 0.5) is 4.39 Å². The Balaban J connectivity index is 2.18. The molecule has 1 aromatic heterocycles. The Morgan fingerprint density at radius 3 is 2.52 bits per heavy atom. The van der Waals surface area contributed by atoms with Crippen LogP contribution in [-0.2, 0) is 6.42 Å². The maximum absolute atomic E-state index is 13.4. The third kappa shape index (κ3) is 2.43. The number of hydrogen-bond acceptors (Lipinski definition) is 2. The zero-order valence-corrected chi connectivity index (χ0v) is 12.2. The van der Waals surface area contributed by atoms with Crippen LogP contribution < -0.4 is 5.73 Å². The number of hydrogen-bond donors (Lipinski definition) is 1. The van der Waals surface area contributed by atoms with Crippen molar-refractivity contribution < 1.29 is 4.39 Å². The SMILES string of the molecule is CCc1nc2cc(F)ccc2n1-c1ccc(C(C)N)cc1. The lowest BCUT2D eigenvalue weighted by Crippen LogP contribution is -2.05. The lowest BCUT2D eigenvalue weighted by molar-refractivity contribution is 0.629. The summed E-state index contributed by atoms with van der Waals surface area (Å²) in [5.41, 5.74) is 9.60. The van der Waals surface area contributed by atoms with Crippen molar-refractivity contribution in [2.24, 2.45) is 5.73 Å². The fourth-order valence-corrected chi connectivity index (χ4v) is 2.56. The molecule has 0 fully saturated rings. The second-order valence-corrected chi connectivity index (χ2v) is 5.23. The van der Waals surface area contributed by atoms with Crippen molar-refractivity contribution in [3.05, 3.63) is 59.7 Å². The largest absolute Gasteiger partial charge is 0.324 e. The Kier molecular flexibility index (Phi) is 3.47. The molecule has 0 saturated heterocycles. The smallest absolute Gasteiger partial charge is 0.125 e. The minimum absolute atomic E-state index is 0.0123. The van der Waals surface area contributed by atoms with Crippen LogP contribution in [0.15, 0.2) is 42.5 Å². The molecule has 21 heavy (non-hydrogen) atoms. The number of benzene rings is 2. The number of aromatic nitrogens is 2. The van der Waals surface area contributed by atoms with E-state index in [0.29, 0.717) is 5.52 Å². The molecule has 3 aromatic rings. The molecular formula is C17H18FN3. The summed E-state index contributed by atoms with van der Waals surface area (Å²) in [7, 11) is 0. The molecule has 4 heteroatoms. The number of imidazole rings is 1. The molecule has 2 N–H and O–H groups in total. The van der Waals surface area contributed by atoms with Crippen LogP contribution >= 0.6 is 0 Å². The van der Waals surface area contributed by atoms with E-state index in [1.165, 1.54) is 12.1 Å². The van der Waals surface area contributed by atoms with Crippen LogP contribution in [0.3, 0.4) is 0 Å². The highest BCUT2D eigenvalue weighted by atomic mass is 19.1. The molecule has 108 valence electrons. The lowest BCUT2D eigenvalue weighted by Gasteiger charge is -2.11. The molecule has 0 amide bonds. The molecular weight excluding hydrogens is 265 g/mol. The average Bonchev–Trinajstić information content (AvgIpc) is 2.84. The van der Waals surface area contributed by atoms with Crippen molar-refractivity contribution in [2.45, 2.75) is 26.3 Å². The van der Waals surface area contributed by atoms with Gasteiger partial charge in [-0.2, -0.15) is 0 Å². The molecule has 2 aromatic carbocycles. The van der Waals surface area contributed by atoms with E-state index in [9.17, 15) is 4.39 Å². The number of rotatable bonds is 3. The Labute approximate surface area is 123 Å². The molecule has 1 atom stereocenters. The number of fused-ring (bicyclic) bond motifs is 1. The molecule has 0 aliphatic carbocycles. The zero-order chi connectivity index (χ0) is 15.0. The first kappa shape index (κ1) is 13.8. The Morgan fingerprint density at radius 2 is 1.90 bits per heavy atom. The fraction of sp³-hybridized carbons (Fsp3) is 0.235. The molecule has 3 nitrogen and oxygen atoms in total. The summed E-state index contributed by atoms with van der Waals surface area (Å²) in [6.45, 7) is 4.01. The first-order valence-electron chi connectivity index (χ1n) is 7.13. The standard InChI is InChI=1S/C17H18FN3/c1-3-17-20-15-10-13(18)6-9-16(15)21(17)14-7-4-12(5-8-14)11(2)19/h4-11H,3,19H2,1-2H3. The Bertz CT molecular complexity index is 773. The summed E-state index contributed by atoms with van der Waals surface area (Å²) in [5.74, 6) is 0.659. The van der Waals surface area contributed by atoms with Gasteiger partial charge in [0.15, 0.2) is 0 Å². The van der Waals surface area contributed by atoms with E-state index in [1.807, 2.05) is 38.1 Å². The highest BCUT2D eigenvalue weighted by molar-refractivity contribution is 5.78. The van der Waals surface area contributed by atoms with E-state index < -0.39 is 0 Å². The fourth-order valence-electron chi connectivity index (χ4n) is 2.56. The van der Waals surface area contributed by atoms with Crippen molar-refractivity contribution in [2.75, 3.05) is 0 Å². The number of nitrogens with two attached hydrogens (primary N) is 1. The predicted octanol–water partition coefficient (Wildman–Crippen LogP) is 3.75. The van der Waals surface area contributed by atoms with E-state index in [4.69, 9.17) is 5.73 Å². The van der Waals surface area contributed by atoms with Gasteiger partial charge in [0.2, 0.25) is 0 Å². The minimum atomic E-state index is -0.262. The van der Waals surface area contributed by atoms with Gasteiger partial charge in [-0.05, 0) is 36.8 Å². The monoisotopic (exact) mass is 283 g/mol. The van der Waals surface area contributed by atoms with Gasteiger partial charge in [0.05, 0.1) is 11.0 Å². The van der Waals surface area contributed by atoms with Crippen molar-refractivity contribution in [3.8, 4) is 5.69 Å². The first-order valence-corrected chi connectivity index (χ1v) is 7.13. The van der Waals surface area contributed by atoms with E-state index in [0.717, 1.165) is 29.0 Å². The highest BCUT2D eigenvalue weighted by Gasteiger charge is 2.12. The summed E-state index contributed by atoms with van der Waals surface area (Å²) in [5, 5.41) is 0. The van der Waals surface area contributed by atoms with Gasteiger partial charge in [-0.15, -0.1) is 0 Å². The topological polar surface area (TPSA) is 43.8 Å². The molecule has 1 unspecified atom stereocenters. The Morgan fingerprint density at radius 1 is 1.19 bits per heavy atom. The van der Waals surface area contributed by atoms with Crippen molar-refractivity contribution >= 4 is 11.0 Å². The van der Waals surface area contributed by atoms with Crippen LogP contribution in [0.1, 0.15) is 31.3 Å². The van der Waals surface area contributed by atoms with Crippen molar-refractivity contribution in [1.82, 2.24) is 9.55 Å². The van der Waals surface area contributed by atoms with Crippen LogP contribution in [-0.4, -0.2) is 9.55 Å². The molecule has 0 spiro atoms. The van der Waals surface area contributed by atoms with Gasteiger partial charge in [0.25, 0.3) is 0 Å². The Hall–Kier alpha value is -2.20. The van der Waals surface area contributed by atoms with Crippen LogP contribution in [0, 0.1) is 5.82 Å². The third-order valence-electron chi connectivity index (χ3n) is 3.68. The van der Waals surface area contributed by atoms with Gasteiger partial charge in [-0.3, -0.25) is 4.57 Å². The van der Waals surface area contributed by atoms with Gasteiger partial charge in [0, 0.05) is 24.2 Å². The van der Waals surface area contributed by atoms with Crippen LogP contribution in [0.5, 0.6) is 0 Å². The van der Waals surface area contributed by atoms with Gasteiger partial charge in [-0.1, -0.05) is 19.1 Å². The maximum Gasteiger partial charge on any atom is 0.125 e. The minimum Gasteiger partial charge on any atom is -0.324 e. The zero-order valence-electron chi connectivity index (χ0n) is 12.2. The summed E-state index contributed by atoms with van der Waals surface area (Å²) in [4.78, 5) is 4.52. The molecule has 0 radical (unpaired) electrons. The van der Waals surface area contributed by atoms with Crippen LogP contribution in [0.2, 0.25) is 0 Å². The third-order valence-corrected chi connectivity index (χ3v) is 3.68. The van der Waals surface area contributed by atoms with Crippen molar-refractivity contribution in [3.63, 3.8) is 0 Å². The van der Waals surface area contributed by atoms with Crippen molar-refractivity contribution in [1.29, 1.82) is 0 Å². The van der Waals surface area contributed by atoms with E-state index in [1.54, 1.807) is 6.07 Å². The summed E-state index contributed by atoms with van der Waals surface area (Å²) < 4.78 is 15.4. The molecule has 1 heterocycles. The van der Waals surface area contributed by atoms with Gasteiger partial charge in [0.1, 0.15) is 11.6 Å². The van der Waals surface area contributed by atoms with Gasteiger partial charge in [-0.25, -0.2) is 9.37 Å². The normalized spacial score (nSPS) is 12.8. The predicted molar refractivity (Wildman–Crippen MR) is 83.0 cm³/mol. The summed E-state index contributed by atoms with van der Waals surface area (Å²) >= 11 is 0. The molecule has 0 aliphatic rings. The molecule has 0 bridgehead atoms. The lowest BCUT2D eigenvalue weighted by atomic mass is 10.1. The maximum atomic E-state index is 13.4. The quantitative estimate of drug-likeness (QED) is 0.795. The first-order chi connectivity index (χ1) is 10.1. The van der Waals surface area contributed by atoms with Gasteiger partial charge >= 0.3 is 0 Å². The number of nitrogens with zero attached hydrogens (tertiary/aromatic N) is 2. The van der Waals surface area contributed by atoms with Crippen LogP contribution in [0.25, 0.3) is 16.7 Å². The van der Waals surface area contributed by atoms with E-state index in [2.05, 4.69) is 9.55 Å². The second kappa shape index (κ2) is 5.30. The summed E-state index contributed by atoms with van der Waals surface area (Å²) in [6, 6.07) is 12.8. The molecule has 0 aliphatic heterocycles. The van der Waals surface area contributed by atoms with E-state index >= 15 is 0 Å². The van der Waals surface area contributed by atoms with Gasteiger partial charge < -0.3 is 5.73 Å². The number of halogens is 1. The molecule has 3 rings (SSSR count). The second-order valence-electron chi connectivity index (χ2n) is 5.23. The highest BCUT2D eigenvalue weighted by Crippen LogP contribution is 2.23. The van der Waals surface area contributed by atoms with E-state index in [-0.39, 0.29) is 11.9 Å². The average molecular weight is 283 g/mol. The number of aryl methyl sites for hydroxylation is 1. The molecule has 0 saturated carbocycles. The summed E-state index contributed by atoms with van der Waals surface area (Å²) in [6.07, 6.45) is 0.783.